The van der Waals surface area contributed by atoms with Gasteiger partial charge in [-0.15, -0.1) is 16.4 Å². The van der Waals surface area contributed by atoms with Gasteiger partial charge in [-0.2, -0.15) is 4.98 Å². The normalized spacial score (nSPS) is 11.0. The molecule has 4 nitrogen and oxygen atoms in total. The number of nitrogens with zero attached hydrogens (tertiary/aromatic N) is 3. The molecule has 0 amide bonds. The smallest absolute Gasteiger partial charge is 0.243 e. The number of nitrogens with one attached hydrogen (secondary N) is 1. The molecule has 3 rings (SSSR count). The first-order valence-electron chi connectivity index (χ1n) is 5.51. The molecule has 3 aromatic heterocycles. The fourth-order valence-corrected chi connectivity index (χ4v) is 2.52. The van der Waals surface area contributed by atoms with E-state index >= 15 is 0 Å². The van der Waals surface area contributed by atoms with Gasteiger partial charge in [0, 0.05) is 4.88 Å². The first-order chi connectivity index (χ1) is 8.72. The summed E-state index contributed by atoms with van der Waals surface area (Å²) < 4.78 is 14.4. The molecule has 0 aromatic carbocycles. The highest BCUT2D eigenvalue weighted by Crippen LogP contribution is 2.16. The van der Waals surface area contributed by atoms with E-state index in [0.717, 1.165) is 0 Å². The van der Waals surface area contributed by atoms with Gasteiger partial charge in [0.2, 0.25) is 5.95 Å². The summed E-state index contributed by atoms with van der Waals surface area (Å²) >= 11 is 1.69. The Balaban J connectivity index is 1.81. The Bertz CT molecular complexity index is 688. The number of hydrogen-bond acceptors (Lipinski definition) is 4. The van der Waals surface area contributed by atoms with Gasteiger partial charge in [0.1, 0.15) is 5.82 Å². The maximum absolute atomic E-state index is 13.0. The van der Waals surface area contributed by atoms with Gasteiger partial charge in [-0.25, -0.2) is 8.91 Å². The van der Waals surface area contributed by atoms with Crippen molar-refractivity contribution in [3.8, 4) is 0 Å². The minimum Gasteiger partial charge on any atom is -0.348 e. The number of anilines is 1. The number of thiophene rings is 1. The lowest BCUT2D eigenvalue weighted by atomic mass is 10.3. The summed E-state index contributed by atoms with van der Waals surface area (Å²) in [4.78, 5) is 5.51. The van der Waals surface area contributed by atoms with E-state index in [-0.39, 0.29) is 5.82 Å². The number of rotatable bonds is 3. The van der Waals surface area contributed by atoms with Crippen molar-refractivity contribution < 1.29 is 4.39 Å². The number of halogens is 1. The molecular formula is C12H11FN4S. The molecule has 0 bridgehead atoms. The van der Waals surface area contributed by atoms with E-state index in [1.807, 2.05) is 0 Å². The molecule has 0 aliphatic carbocycles. The predicted octanol–water partition coefficient (Wildman–Crippen LogP) is 2.85. The summed E-state index contributed by atoms with van der Waals surface area (Å²) in [6, 6.07) is 5.05. The Morgan fingerprint density at radius 2 is 2.28 bits per heavy atom. The molecule has 18 heavy (non-hydrogen) atoms. The van der Waals surface area contributed by atoms with Crippen LogP contribution in [0, 0.1) is 12.7 Å². The predicted molar refractivity (Wildman–Crippen MR) is 69.3 cm³/mol. The SMILES string of the molecule is Cc1ccsc1CNc1nc2ccc(F)cn2n1. The van der Waals surface area contributed by atoms with E-state index in [9.17, 15) is 4.39 Å². The van der Waals surface area contributed by atoms with Crippen LogP contribution >= 0.6 is 11.3 Å². The molecule has 3 heterocycles. The van der Waals surface area contributed by atoms with Gasteiger partial charge < -0.3 is 5.32 Å². The topological polar surface area (TPSA) is 42.2 Å². The van der Waals surface area contributed by atoms with Crippen molar-refractivity contribution in [1.29, 1.82) is 0 Å². The Morgan fingerprint density at radius 3 is 3.06 bits per heavy atom. The molecule has 0 aliphatic heterocycles. The zero-order valence-corrected chi connectivity index (χ0v) is 10.5. The Hall–Kier alpha value is -1.95. The average Bonchev–Trinajstić information content (AvgIpc) is 2.92. The van der Waals surface area contributed by atoms with Crippen LogP contribution in [0.25, 0.3) is 5.65 Å². The Labute approximate surface area is 107 Å². The van der Waals surface area contributed by atoms with E-state index in [2.05, 4.69) is 33.8 Å². The summed E-state index contributed by atoms with van der Waals surface area (Å²) in [5.74, 6) is 0.182. The summed E-state index contributed by atoms with van der Waals surface area (Å²) in [5, 5.41) is 9.36. The second kappa shape index (κ2) is 4.38. The zero-order chi connectivity index (χ0) is 12.5. The molecule has 0 saturated carbocycles. The standard InChI is InChI=1S/C12H11FN4S/c1-8-4-5-18-10(8)6-14-12-15-11-3-2-9(13)7-17(11)16-12/h2-5,7H,6H2,1H3,(H,14,16). The van der Waals surface area contributed by atoms with E-state index in [4.69, 9.17) is 0 Å². The summed E-state index contributed by atoms with van der Waals surface area (Å²) in [6.07, 6.45) is 1.31. The first-order valence-corrected chi connectivity index (χ1v) is 6.39. The summed E-state index contributed by atoms with van der Waals surface area (Å²) in [7, 11) is 0. The highest BCUT2D eigenvalue weighted by atomic mass is 32.1. The minimum absolute atomic E-state index is 0.326. The molecule has 0 saturated heterocycles. The third kappa shape index (κ3) is 2.06. The van der Waals surface area contributed by atoms with Crippen LogP contribution in [0.5, 0.6) is 0 Å². The van der Waals surface area contributed by atoms with Crippen molar-refractivity contribution in [2.45, 2.75) is 13.5 Å². The molecule has 0 spiro atoms. The van der Waals surface area contributed by atoms with Crippen molar-refractivity contribution in [2.75, 3.05) is 5.32 Å². The van der Waals surface area contributed by atoms with Gasteiger partial charge in [0.25, 0.3) is 0 Å². The third-order valence-corrected chi connectivity index (χ3v) is 3.69. The van der Waals surface area contributed by atoms with Crippen molar-refractivity contribution in [3.63, 3.8) is 0 Å². The van der Waals surface area contributed by atoms with Crippen LogP contribution in [0.2, 0.25) is 0 Å². The molecule has 0 fully saturated rings. The first kappa shape index (κ1) is 11.2. The highest BCUT2D eigenvalue weighted by Gasteiger charge is 2.05. The minimum atomic E-state index is -0.326. The largest absolute Gasteiger partial charge is 0.348 e. The lowest BCUT2D eigenvalue weighted by molar-refractivity contribution is 0.615. The van der Waals surface area contributed by atoms with Crippen molar-refractivity contribution in [3.05, 3.63) is 46.0 Å². The van der Waals surface area contributed by atoms with Crippen LogP contribution < -0.4 is 5.32 Å². The van der Waals surface area contributed by atoms with Gasteiger partial charge in [0.05, 0.1) is 12.7 Å². The van der Waals surface area contributed by atoms with Crippen molar-refractivity contribution in [2.24, 2.45) is 0 Å². The molecule has 6 heteroatoms. The molecule has 0 radical (unpaired) electrons. The maximum Gasteiger partial charge on any atom is 0.243 e. The van der Waals surface area contributed by atoms with Crippen molar-refractivity contribution >= 4 is 22.9 Å². The second-order valence-electron chi connectivity index (χ2n) is 3.97. The monoisotopic (exact) mass is 262 g/mol. The Kier molecular flexibility index (Phi) is 2.71. The van der Waals surface area contributed by atoms with Crippen molar-refractivity contribution in [1.82, 2.24) is 14.6 Å². The van der Waals surface area contributed by atoms with Gasteiger partial charge in [-0.05, 0) is 36.1 Å². The maximum atomic E-state index is 13.0. The number of aromatic nitrogens is 3. The van der Waals surface area contributed by atoms with E-state index < -0.39 is 0 Å². The van der Waals surface area contributed by atoms with Crippen LogP contribution in [-0.2, 0) is 6.54 Å². The van der Waals surface area contributed by atoms with E-state index in [1.165, 1.54) is 27.2 Å². The molecule has 92 valence electrons. The summed E-state index contributed by atoms with van der Waals surface area (Å²) in [5.41, 5.74) is 1.88. The van der Waals surface area contributed by atoms with E-state index in [1.54, 1.807) is 17.4 Å². The Morgan fingerprint density at radius 1 is 1.39 bits per heavy atom. The zero-order valence-electron chi connectivity index (χ0n) is 9.72. The fourth-order valence-electron chi connectivity index (χ4n) is 1.68. The summed E-state index contributed by atoms with van der Waals surface area (Å²) in [6.45, 7) is 2.75. The molecule has 3 aromatic rings. The van der Waals surface area contributed by atoms with Crippen LogP contribution in [0.4, 0.5) is 10.3 Å². The number of fused-ring (bicyclic) bond motifs is 1. The highest BCUT2D eigenvalue weighted by molar-refractivity contribution is 7.10. The van der Waals surface area contributed by atoms with Gasteiger partial charge in [-0.3, -0.25) is 0 Å². The average molecular weight is 262 g/mol. The van der Waals surface area contributed by atoms with Crippen LogP contribution in [0.3, 0.4) is 0 Å². The van der Waals surface area contributed by atoms with Gasteiger partial charge >= 0.3 is 0 Å². The number of aryl methyl sites for hydroxylation is 1. The van der Waals surface area contributed by atoms with E-state index in [0.29, 0.717) is 18.1 Å². The van der Waals surface area contributed by atoms with Gasteiger partial charge in [-0.1, -0.05) is 0 Å². The lowest BCUT2D eigenvalue weighted by Crippen LogP contribution is -2.00. The second-order valence-corrected chi connectivity index (χ2v) is 4.97. The lowest BCUT2D eigenvalue weighted by Gasteiger charge is -1.99. The molecule has 0 aliphatic rings. The fraction of sp³-hybridized carbons (Fsp3) is 0.167. The van der Waals surface area contributed by atoms with Gasteiger partial charge in [0.15, 0.2) is 5.65 Å². The molecule has 1 N–H and O–H groups in total. The van der Waals surface area contributed by atoms with Crippen LogP contribution in [-0.4, -0.2) is 14.6 Å². The molecular weight excluding hydrogens is 251 g/mol. The quantitative estimate of drug-likeness (QED) is 0.789. The van der Waals surface area contributed by atoms with Crippen LogP contribution in [0.15, 0.2) is 29.8 Å². The third-order valence-electron chi connectivity index (χ3n) is 2.67. The molecule has 0 atom stereocenters. The number of pyridine rings is 1. The van der Waals surface area contributed by atoms with Crippen LogP contribution in [0.1, 0.15) is 10.4 Å². The number of hydrogen-bond donors (Lipinski definition) is 1. The molecule has 0 unspecified atom stereocenters.